The van der Waals surface area contributed by atoms with Crippen LogP contribution in [0, 0.1) is 0 Å². The van der Waals surface area contributed by atoms with Crippen molar-refractivity contribution in [2.75, 3.05) is 31.2 Å². The maximum absolute atomic E-state index is 5.96. The van der Waals surface area contributed by atoms with E-state index < -0.39 is 0 Å². The fourth-order valence-electron chi connectivity index (χ4n) is 2.25. The predicted molar refractivity (Wildman–Crippen MR) is 87.0 cm³/mol. The molecule has 4 heteroatoms. The summed E-state index contributed by atoms with van der Waals surface area (Å²) >= 11 is 0. The molecule has 1 aromatic carbocycles. The maximum Gasteiger partial charge on any atom is 0.0951 e. The first-order chi connectivity index (χ1) is 9.63. The van der Waals surface area contributed by atoms with E-state index in [0.29, 0.717) is 6.04 Å². The van der Waals surface area contributed by atoms with Gasteiger partial charge in [-0.05, 0) is 32.5 Å². The van der Waals surface area contributed by atoms with Gasteiger partial charge in [-0.2, -0.15) is 0 Å². The highest BCUT2D eigenvalue weighted by Gasteiger charge is 2.07. The van der Waals surface area contributed by atoms with Crippen LogP contribution in [-0.2, 0) is 0 Å². The monoisotopic (exact) mass is 272 g/mol. The predicted octanol–water partition coefficient (Wildman–Crippen LogP) is 2.96. The number of nitrogens with zero attached hydrogens (tertiary/aromatic N) is 2. The molecule has 3 N–H and O–H groups in total. The summed E-state index contributed by atoms with van der Waals surface area (Å²) < 4.78 is 0. The average Bonchev–Trinajstić information content (AvgIpc) is 2.47. The SMILES string of the molecule is CCC(C)N(C)CCNc1ccnc2c(N)cccc12. The van der Waals surface area contributed by atoms with Crippen molar-refractivity contribution in [3.63, 3.8) is 0 Å². The number of rotatable bonds is 6. The van der Waals surface area contributed by atoms with Gasteiger partial charge in [0.05, 0.1) is 11.2 Å². The van der Waals surface area contributed by atoms with Gasteiger partial charge in [-0.1, -0.05) is 19.1 Å². The first-order valence-corrected chi connectivity index (χ1v) is 7.20. The Bertz CT molecular complexity index is 567. The molecule has 2 aromatic rings. The van der Waals surface area contributed by atoms with Gasteiger partial charge >= 0.3 is 0 Å². The minimum Gasteiger partial charge on any atom is -0.397 e. The Hall–Kier alpha value is -1.81. The van der Waals surface area contributed by atoms with E-state index >= 15 is 0 Å². The van der Waals surface area contributed by atoms with Crippen LogP contribution in [-0.4, -0.2) is 36.1 Å². The smallest absolute Gasteiger partial charge is 0.0951 e. The number of pyridine rings is 1. The van der Waals surface area contributed by atoms with Gasteiger partial charge < -0.3 is 16.0 Å². The highest BCUT2D eigenvalue weighted by atomic mass is 15.1. The topological polar surface area (TPSA) is 54.2 Å². The van der Waals surface area contributed by atoms with Gasteiger partial charge in [0.1, 0.15) is 0 Å². The Balaban J connectivity index is 2.05. The lowest BCUT2D eigenvalue weighted by Gasteiger charge is -2.23. The summed E-state index contributed by atoms with van der Waals surface area (Å²) in [5.41, 5.74) is 8.65. The van der Waals surface area contributed by atoms with Gasteiger partial charge in [0, 0.05) is 36.4 Å². The molecule has 0 saturated carbocycles. The first-order valence-electron chi connectivity index (χ1n) is 7.20. The molecular weight excluding hydrogens is 248 g/mol. The van der Waals surface area contributed by atoms with Crippen molar-refractivity contribution in [3.05, 3.63) is 30.5 Å². The summed E-state index contributed by atoms with van der Waals surface area (Å²) in [5.74, 6) is 0. The molecule has 2 rings (SSSR count). The fourth-order valence-corrected chi connectivity index (χ4v) is 2.25. The molecule has 1 heterocycles. The second-order valence-electron chi connectivity index (χ2n) is 5.27. The van der Waals surface area contributed by atoms with Crippen LogP contribution in [0.1, 0.15) is 20.3 Å². The molecule has 0 fully saturated rings. The van der Waals surface area contributed by atoms with Crippen LogP contribution in [0.2, 0.25) is 0 Å². The fraction of sp³-hybridized carbons (Fsp3) is 0.438. The highest BCUT2D eigenvalue weighted by Crippen LogP contribution is 2.25. The number of nitrogen functional groups attached to an aromatic ring is 1. The average molecular weight is 272 g/mol. The Morgan fingerprint density at radius 2 is 2.15 bits per heavy atom. The third-order valence-corrected chi connectivity index (χ3v) is 3.93. The molecule has 108 valence electrons. The summed E-state index contributed by atoms with van der Waals surface area (Å²) in [6.45, 7) is 6.40. The largest absolute Gasteiger partial charge is 0.397 e. The number of hydrogen-bond acceptors (Lipinski definition) is 4. The molecule has 1 unspecified atom stereocenters. The Morgan fingerprint density at radius 1 is 1.35 bits per heavy atom. The number of likely N-dealkylation sites (N-methyl/N-ethyl adjacent to an activating group) is 1. The first kappa shape index (κ1) is 14.6. The second-order valence-corrected chi connectivity index (χ2v) is 5.27. The van der Waals surface area contributed by atoms with Gasteiger partial charge in [-0.25, -0.2) is 0 Å². The van der Waals surface area contributed by atoms with E-state index in [1.165, 1.54) is 6.42 Å². The zero-order chi connectivity index (χ0) is 14.5. The number of anilines is 2. The zero-order valence-electron chi connectivity index (χ0n) is 12.6. The van der Waals surface area contributed by atoms with Crippen LogP contribution in [0.25, 0.3) is 10.9 Å². The quantitative estimate of drug-likeness (QED) is 0.794. The number of para-hydroxylation sites is 1. The summed E-state index contributed by atoms with van der Waals surface area (Å²) in [4.78, 5) is 6.72. The maximum atomic E-state index is 5.96. The van der Waals surface area contributed by atoms with Gasteiger partial charge in [0.2, 0.25) is 0 Å². The van der Waals surface area contributed by atoms with Crippen molar-refractivity contribution in [1.29, 1.82) is 0 Å². The van der Waals surface area contributed by atoms with E-state index in [0.717, 1.165) is 35.4 Å². The van der Waals surface area contributed by atoms with Gasteiger partial charge in [-0.3, -0.25) is 4.98 Å². The molecule has 0 aliphatic heterocycles. The van der Waals surface area contributed by atoms with Crippen molar-refractivity contribution in [1.82, 2.24) is 9.88 Å². The molecule has 0 amide bonds. The van der Waals surface area contributed by atoms with Crippen molar-refractivity contribution in [2.24, 2.45) is 0 Å². The Labute approximate surface area is 121 Å². The zero-order valence-corrected chi connectivity index (χ0v) is 12.6. The molecule has 0 bridgehead atoms. The molecule has 1 aromatic heterocycles. The molecule has 0 aliphatic rings. The summed E-state index contributed by atoms with van der Waals surface area (Å²) in [5, 5.41) is 4.57. The minimum absolute atomic E-state index is 0.613. The van der Waals surface area contributed by atoms with Gasteiger partial charge in [0.15, 0.2) is 0 Å². The standard InChI is InChI=1S/C16H24N4/c1-4-12(2)20(3)11-10-18-15-8-9-19-16-13(15)6-5-7-14(16)17/h5-9,12H,4,10-11,17H2,1-3H3,(H,18,19). The lowest BCUT2D eigenvalue weighted by Crippen LogP contribution is -2.32. The lowest BCUT2D eigenvalue weighted by atomic mass is 10.1. The van der Waals surface area contributed by atoms with Gasteiger partial charge in [0.25, 0.3) is 0 Å². The number of nitrogens with one attached hydrogen (secondary N) is 1. The van der Waals surface area contributed by atoms with E-state index in [-0.39, 0.29) is 0 Å². The third-order valence-electron chi connectivity index (χ3n) is 3.93. The Kier molecular flexibility index (Phi) is 4.79. The van der Waals surface area contributed by atoms with Crippen molar-refractivity contribution >= 4 is 22.3 Å². The van der Waals surface area contributed by atoms with E-state index in [1.807, 2.05) is 18.2 Å². The molecule has 20 heavy (non-hydrogen) atoms. The van der Waals surface area contributed by atoms with Crippen molar-refractivity contribution < 1.29 is 0 Å². The highest BCUT2D eigenvalue weighted by molar-refractivity contribution is 5.97. The normalized spacial score (nSPS) is 12.8. The molecule has 0 aliphatic carbocycles. The van der Waals surface area contributed by atoms with E-state index in [9.17, 15) is 0 Å². The summed E-state index contributed by atoms with van der Waals surface area (Å²) in [6, 6.07) is 8.53. The molecule has 0 saturated heterocycles. The number of fused-ring (bicyclic) bond motifs is 1. The van der Waals surface area contributed by atoms with Crippen LogP contribution in [0.4, 0.5) is 11.4 Å². The lowest BCUT2D eigenvalue weighted by molar-refractivity contribution is 0.261. The minimum atomic E-state index is 0.613. The van der Waals surface area contributed by atoms with Crippen molar-refractivity contribution in [3.8, 4) is 0 Å². The summed E-state index contributed by atoms with van der Waals surface area (Å²) in [6.07, 6.45) is 2.98. The van der Waals surface area contributed by atoms with Crippen LogP contribution >= 0.6 is 0 Å². The van der Waals surface area contributed by atoms with Crippen LogP contribution in [0.5, 0.6) is 0 Å². The third kappa shape index (κ3) is 3.20. The molecule has 1 atom stereocenters. The van der Waals surface area contributed by atoms with Gasteiger partial charge in [-0.15, -0.1) is 0 Å². The van der Waals surface area contributed by atoms with E-state index in [1.54, 1.807) is 6.20 Å². The molecule has 0 spiro atoms. The molecule has 0 radical (unpaired) electrons. The number of aromatic nitrogens is 1. The second kappa shape index (κ2) is 6.57. The van der Waals surface area contributed by atoms with E-state index in [2.05, 4.69) is 42.2 Å². The number of nitrogens with two attached hydrogens (primary N) is 1. The summed E-state index contributed by atoms with van der Waals surface area (Å²) in [7, 11) is 2.17. The van der Waals surface area contributed by atoms with Crippen LogP contribution < -0.4 is 11.1 Å². The van der Waals surface area contributed by atoms with Crippen LogP contribution in [0.15, 0.2) is 30.5 Å². The molecular formula is C16H24N4. The van der Waals surface area contributed by atoms with Crippen molar-refractivity contribution in [2.45, 2.75) is 26.3 Å². The number of hydrogen-bond donors (Lipinski definition) is 2. The van der Waals surface area contributed by atoms with E-state index in [4.69, 9.17) is 5.73 Å². The number of benzene rings is 1. The molecule has 4 nitrogen and oxygen atoms in total. The Morgan fingerprint density at radius 3 is 2.90 bits per heavy atom. The van der Waals surface area contributed by atoms with Crippen LogP contribution in [0.3, 0.4) is 0 Å².